The second-order valence-electron chi connectivity index (χ2n) is 3.84. The van der Waals surface area contributed by atoms with Crippen molar-refractivity contribution in [2.45, 2.75) is 6.92 Å². The van der Waals surface area contributed by atoms with Gasteiger partial charge in [0.25, 0.3) is 0 Å². The van der Waals surface area contributed by atoms with Gasteiger partial charge in [0, 0.05) is 26.2 Å². The lowest BCUT2D eigenvalue weighted by molar-refractivity contribution is -0.0915. The molecule has 0 aromatic carbocycles. The van der Waals surface area contributed by atoms with Crippen LogP contribution in [-0.2, 0) is 4.84 Å². The average Bonchev–Trinajstić information content (AvgIpc) is 2.65. The van der Waals surface area contributed by atoms with Crippen molar-refractivity contribution in [3.63, 3.8) is 0 Å². The molecule has 2 heterocycles. The maximum atomic E-state index is 11.9. The Morgan fingerprint density at radius 2 is 2.07 bits per heavy atom. The van der Waals surface area contributed by atoms with E-state index in [1.807, 2.05) is 0 Å². The zero-order valence-corrected chi connectivity index (χ0v) is 9.06. The number of urea groups is 1. The van der Waals surface area contributed by atoms with Gasteiger partial charge in [0.2, 0.25) is 0 Å². The molecule has 0 radical (unpaired) electrons. The van der Waals surface area contributed by atoms with Crippen LogP contribution in [0.15, 0.2) is 12.0 Å². The van der Waals surface area contributed by atoms with Gasteiger partial charge >= 0.3 is 6.03 Å². The lowest BCUT2D eigenvalue weighted by atomic mass is 10.3. The van der Waals surface area contributed by atoms with Crippen LogP contribution in [0, 0.1) is 0 Å². The molecule has 0 saturated carbocycles. The fraction of sp³-hybridized carbons (Fsp3) is 0.667. The largest absolute Gasteiger partial charge is 0.373 e. The molecule has 2 aliphatic rings. The van der Waals surface area contributed by atoms with Crippen molar-refractivity contribution < 1.29 is 9.63 Å². The third-order valence-electron chi connectivity index (χ3n) is 2.57. The summed E-state index contributed by atoms with van der Waals surface area (Å²) in [5.41, 5.74) is 2.76. The van der Waals surface area contributed by atoms with E-state index < -0.39 is 0 Å². The number of carbonyl (C=O) groups excluding carboxylic acids is 1. The quantitative estimate of drug-likeness (QED) is 0.612. The minimum Gasteiger partial charge on any atom is -0.358 e. The molecule has 0 atom stereocenters. The van der Waals surface area contributed by atoms with E-state index in [2.05, 4.69) is 17.4 Å². The Kier molecular flexibility index (Phi) is 2.68. The Balaban J connectivity index is 1.86. The normalized spacial score (nSPS) is 22.1. The molecule has 2 aliphatic heterocycles. The number of carbonyl (C=O) groups is 1. The molecule has 0 bridgehead atoms. The number of hydrogen-bond acceptors (Lipinski definition) is 4. The van der Waals surface area contributed by atoms with Gasteiger partial charge in [-0.1, -0.05) is 5.17 Å². The van der Waals surface area contributed by atoms with Gasteiger partial charge in [0.15, 0.2) is 0 Å². The third kappa shape index (κ3) is 2.15. The molecular formula is C9H16N4O2. The van der Waals surface area contributed by atoms with Crippen LogP contribution in [-0.4, -0.2) is 54.2 Å². The van der Waals surface area contributed by atoms with Crippen LogP contribution in [0.3, 0.4) is 0 Å². The highest BCUT2D eigenvalue weighted by Gasteiger charge is 2.27. The number of hydrazine groups is 1. The minimum absolute atomic E-state index is 0.129. The molecule has 0 aliphatic carbocycles. The maximum absolute atomic E-state index is 11.9. The standard InChI is InChI=1S/C9H16N4O2/c1-8-7-10-13(15-8)9(14)12-5-3-11(2)4-6-12/h7,10H,3-6H2,1-2H3. The summed E-state index contributed by atoms with van der Waals surface area (Å²) < 4.78 is 0. The molecule has 1 fully saturated rings. The highest BCUT2D eigenvalue weighted by molar-refractivity contribution is 5.73. The van der Waals surface area contributed by atoms with Crippen molar-refractivity contribution in [2.24, 2.45) is 0 Å². The van der Waals surface area contributed by atoms with E-state index in [0.717, 1.165) is 26.2 Å². The minimum atomic E-state index is -0.129. The van der Waals surface area contributed by atoms with Crippen LogP contribution in [0.25, 0.3) is 0 Å². The number of nitrogens with one attached hydrogen (secondary N) is 1. The van der Waals surface area contributed by atoms with Crippen LogP contribution in [0.4, 0.5) is 4.79 Å². The first kappa shape index (κ1) is 10.1. The van der Waals surface area contributed by atoms with Crippen LogP contribution in [0.5, 0.6) is 0 Å². The number of amides is 2. The van der Waals surface area contributed by atoms with Crippen molar-refractivity contribution in [2.75, 3.05) is 33.2 Å². The second-order valence-corrected chi connectivity index (χ2v) is 3.84. The zero-order chi connectivity index (χ0) is 10.8. The van der Waals surface area contributed by atoms with Gasteiger partial charge in [-0.25, -0.2) is 4.79 Å². The monoisotopic (exact) mass is 212 g/mol. The van der Waals surface area contributed by atoms with Gasteiger partial charge < -0.3 is 14.6 Å². The van der Waals surface area contributed by atoms with Gasteiger partial charge in [0.05, 0.1) is 6.20 Å². The van der Waals surface area contributed by atoms with E-state index in [-0.39, 0.29) is 6.03 Å². The lowest BCUT2D eigenvalue weighted by Crippen LogP contribution is -2.53. The molecule has 0 spiro atoms. The molecular weight excluding hydrogens is 196 g/mol. The number of nitrogens with zero attached hydrogens (tertiary/aromatic N) is 3. The summed E-state index contributed by atoms with van der Waals surface area (Å²) in [7, 11) is 2.05. The van der Waals surface area contributed by atoms with Crippen molar-refractivity contribution in [3.05, 3.63) is 12.0 Å². The highest BCUT2D eigenvalue weighted by Crippen LogP contribution is 2.10. The van der Waals surface area contributed by atoms with E-state index >= 15 is 0 Å². The van der Waals surface area contributed by atoms with Crippen molar-refractivity contribution >= 4 is 6.03 Å². The topological polar surface area (TPSA) is 48.1 Å². The number of allylic oxidation sites excluding steroid dienone is 1. The van der Waals surface area contributed by atoms with Crippen molar-refractivity contribution in [3.8, 4) is 0 Å². The summed E-state index contributed by atoms with van der Waals surface area (Å²) in [5.74, 6) is 0.692. The Hall–Kier alpha value is -1.43. The first-order valence-corrected chi connectivity index (χ1v) is 5.05. The van der Waals surface area contributed by atoms with E-state index in [0.29, 0.717) is 5.76 Å². The Morgan fingerprint density at radius 1 is 1.40 bits per heavy atom. The number of hydroxylamine groups is 1. The van der Waals surface area contributed by atoms with E-state index in [9.17, 15) is 4.79 Å². The van der Waals surface area contributed by atoms with Crippen molar-refractivity contribution in [1.82, 2.24) is 20.4 Å². The smallest absolute Gasteiger partial charge is 0.358 e. The predicted octanol–water partition coefficient (Wildman–Crippen LogP) is -0.0331. The summed E-state index contributed by atoms with van der Waals surface area (Å²) in [6.45, 7) is 5.11. The van der Waals surface area contributed by atoms with Crippen LogP contribution < -0.4 is 5.43 Å². The number of likely N-dealkylation sites (N-methyl/N-ethyl adjacent to an activating group) is 1. The molecule has 6 nitrogen and oxygen atoms in total. The maximum Gasteiger partial charge on any atom is 0.373 e. The molecule has 0 aromatic heterocycles. The number of piperazine rings is 1. The van der Waals surface area contributed by atoms with Gasteiger partial charge in [-0.2, -0.15) is 0 Å². The summed E-state index contributed by atoms with van der Waals surface area (Å²) >= 11 is 0. The van der Waals surface area contributed by atoms with Gasteiger partial charge in [-0.15, -0.1) is 0 Å². The molecule has 0 aromatic rings. The fourth-order valence-corrected chi connectivity index (χ4v) is 1.57. The van der Waals surface area contributed by atoms with Gasteiger partial charge in [-0.3, -0.25) is 5.43 Å². The fourth-order valence-electron chi connectivity index (χ4n) is 1.57. The predicted molar refractivity (Wildman–Crippen MR) is 54.3 cm³/mol. The number of hydrogen-bond donors (Lipinski definition) is 1. The molecule has 84 valence electrons. The third-order valence-corrected chi connectivity index (χ3v) is 2.57. The van der Waals surface area contributed by atoms with Crippen LogP contribution in [0.1, 0.15) is 6.92 Å². The second kappa shape index (κ2) is 3.98. The number of rotatable bonds is 0. The lowest BCUT2D eigenvalue weighted by Gasteiger charge is -2.33. The molecule has 1 saturated heterocycles. The van der Waals surface area contributed by atoms with E-state index in [1.54, 1.807) is 18.0 Å². The molecule has 6 heteroatoms. The first-order valence-electron chi connectivity index (χ1n) is 5.05. The molecule has 1 N–H and O–H groups in total. The van der Waals surface area contributed by atoms with Crippen LogP contribution in [0.2, 0.25) is 0 Å². The molecule has 0 unspecified atom stereocenters. The summed E-state index contributed by atoms with van der Waals surface area (Å²) in [6, 6.07) is -0.129. The van der Waals surface area contributed by atoms with E-state index in [1.165, 1.54) is 5.17 Å². The summed E-state index contributed by atoms with van der Waals surface area (Å²) in [6.07, 6.45) is 1.66. The van der Waals surface area contributed by atoms with Gasteiger partial charge in [-0.05, 0) is 14.0 Å². The highest BCUT2D eigenvalue weighted by atomic mass is 16.7. The zero-order valence-electron chi connectivity index (χ0n) is 9.06. The first-order chi connectivity index (χ1) is 7.16. The van der Waals surface area contributed by atoms with Crippen LogP contribution >= 0.6 is 0 Å². The molecule has 15 heavy (non-hydrogen) atoms. The Labute approximate surface area is 89.0 Å². The summed E-state index contributed by atoms with van der Waals surface area (Å²) in [4.78, 5) is 21.0. The Morgan fingerprint density at radius 3 is 2.60 bits per heavy atom. The summed E-state index contributed by atoms with van der Waals surface area (Å²) in [5, 5.41) is 1.17. The average molecular weight is 212 g/mol. The molecule has 2 rings (SSSR count). The van der Waals surface area contributed by atoms with E-state index in [4.69, 9.17) is 4.84 Å². The van der Waals surface area contributed by atoms with Gasteiger partial charge in [0.1, 0.15) is 5.76 Å². The SMILES string of the molecule is CC1=CNN(C(=O)N2CCN(C)CC2)O1. The Bertz CT molecular complexity index is 284. The van der Waals surface area contributed by atoms with Crippen molar-refractivity contribution in [1.29, 1.82) is 0 Å². The molecule has 2 amide bonds.